The maximum atomic E-state index is 12.0. The number of nitrogens with one attached hydrogen (secondary N) is 1. The molecule has 0 aliphatic rings. The summed E-state index contributed by atoms with van der Waals surface area (Å²) in [6.45, 7) is 4.28. The van der Waals surface area contributed by atoms with Crippen LogP contribution in [0.5, 0.6) is 0 Å². The summed E-state index contributed by atoms with van der Waals surface area (Å²) in [5, 5.41) is 11.1. The van der Waals surface area contributed by atoms with E-state index in [1.54, 1.807) is 6.92 Å². The number of nitrogens with two attached hydrogens (primary N) is 1. The summed E-state index contributed by atoms with van der Waals surface area (Å²) in [7, 11) is 0. The van der Waals surface area contributed by atoms with Crippen LogP contribution in [0.1, 0.15) is 32.5 Å². The topological polar surface area (TPSA) is 85.3 Å². The van der Waals surface area contributed by atoms with E-state index in [2.05, 4.69) is 15.5 Å². The van der Waals surface area contributed by atoms with Crippen LogP contribution in [0.3, 0.4) is 0 Å². The number of carbonyl (C=O) groups is 1. The number of carbonyl (C=O) groups excluding carboxylic acids is 1. The van der Waals surface area contributed by atoms with Gasteiger partial charge in [-0.05, 0) is 25.5 Å². The van der Waals surface area contributed by atoms with Gasteiger partial charge in [0.25, 0.3) is 0 Å². The van der Waals surface area contributed by atoms with Crippen LogP contribution in [0.4, 0.5) is 0 Å². The number of fused-ring (bicyclic) bond motifs is 1. The molecule has 0 spiro atoms. The number of hydrogen-bond donors (Lipinski definition) is 2. The molecule has 2 aromatic rings. The molecule has 6 heteroatoms. The summed E-state index contributed by atoms with van der Waals surface area (Å²) in [5.41, 5.74) is 5.98. The molecule has 2 heterocycles. The Morgan fingerprint density at radius 3 is 3.00 bits per heavy atom. The molecular formula is C14H21N5O. The molecule has 1 amide bonds. The highest BCUT2D eigenvalue weighted by atomic mass is 16.2. The molecule has 0 aliphatic heterocycles. The summed E-state index contributed by atoms with van der Waals surface area (Å²) in [5.74, 6) is 0.711. The minimum absolute atomic E-state index is 0.117. The molecule has 0 aliphatic carbocycles. The van der Waals surface area contributed by atoms with Crippen molar-refractivity contribution in [3.8, 4) is 0 Å². The number of nitrogens with zero attached hydrogens (tertiary/aromatic N) is 3. The van der Waals surface area contributed by atoms with Crippen molar-refractivity contribution < 1.29 is 4.79 Å². The molecule has 2 aromatic heterocycles. The van der Waals surface area contributed by atoms with Crippen molar-refractivity contribution >= 4 is 11.6 Å². The third-order valence-electron chi connectivity index (χ3n) is 3.31. The average Bonchev–Trinajstić information content (AvgIpc) is 2.82. The number of amides is 1. The largest absolute Gasteiger partial charge is 0.354 e. The Morgan fingerprint density at radius 1 is 1.45 bits per heavy atom. The van der Waals surface area contributed by atoms with Gasteiger partial charge in [-0.25, -0.2) is 0 Å². The van der Waals surface area contributed by atoms with Crippen LogP contribution in [-0.4, -0.2) is 32.6 Å². The highest BCUT2D eigenvalue weighted by Crippen LogP contribution is 2.08. The highest BCUT2D eigenvalue weighted by Gasteiger charge is 2.26. The zero-order valence-electron chi connectivity index (χ0n) is 12.0. The molecule has 1 unspecified atom stereocenters. The van der Waals surface area contributed by atoms with Gasteiger partial charge in [-0.15, -0.1) is 10.2 Å². The van der Waals surface area contributed by atoms with E-state index in [-0.39, 0.29) is 5.91 Å². The Morgan fingerprint density at radius 2 is 2.25 bits per heavy atom. The summed E-state index contributed by atoms with van der Waals surface area (Å²) in [4.78, 5) is 12.0. The molecule has 2 rings (SSSR count). The van der Waals surface area contributed by atoms with E-state index in [1.807, 2.05) is 35.7 Å². The average molecular weight is 275 g/mol. The monoisotopic (exact) mass is 275 g/mol. The van der Waals surface area contributed by atoms with E-state index in [1.165, 1.54) is 0 Å². The van der Waals surface area contributed by atoms with Gasteiger partial charge in [0.15, 0.2) is 5.65 Å². The van der Waals surface area contributed by atoms with Gasteiger partial charge in [0, 0.05) is 19.2 Å². The molecular weight excluding hydrogens is 254 g/mol. The van der Waals surface area contributed by atoms with Crippen molar-refractivity contribution in [1.29, 1.82) is 0 Å². The summed E-state index contributed by atoms with van der Waals surface area (Å²) in [6, 6.07) is 5.74. The van der Waals surface area contributed by atoms with Crippen molar-refractivity contribution in [2.75, 3.05) is 6.54 Å². The second-order valence-electron chi connectivity index (χ2n) is 5.22. The Kier molecular flexibility index (Phi) is 4.34. The molecule has 3 N–H and O–H groups in total. The number of pyridine rings is 1. The number of hydrogen-bond acceptors (Lipinski definition) is 4. The number of rotatable bonds is 6. The Bertz CT molecular complexity index is 590. The smallest absolute Gasteiger partial charge is 0.239 e. The summed E-state index contributed by atoms with van der Waals surface area (Å²) in [6.07, 6.45) is 4.09. The molecule has 0 aromatic carbocycles. The normalized spacial score (nSPS) is 14.2. The van der Waals surface area contributed by atoms with Gasteiger partial charge in [0.1, 0.15) is 5.82 Å². The Balaban J connectivity index is 1.92. The zero-order chi connectivity index (χ0) is 14.6. The van der Waals surface area contributed by atoms with Gasteiger partial charge in [-0.2, -0.15) is 0 Å². The first-order valence-electron chi connectivity index (χ1n) is 6.90. The third-order valence-corrected chi connectivity index (χ3v) is 3.31. The molecule has 0 saturated carbocycles. The van der Waals surface area contributed by atoms with Crippen LogP contribution < -0.4 is 11.1 Å². The quantitative estimate of drug-likeness (QED) is 0.820. The third kappa shape index (κ3) is 3.14. The van der Waals surface area contributed by atoms with Gasteiger partial charge in [0.2, 0.25) is 5.91 Å². The van der Waals surface area contributed by atoms with Crippen LogP contribution in [0.25, 0.3) is 5.65 Å². The lowest BCUT2D eigenvalue weighted by Gasteiger charge is -2.22. The molecule has 1 atom stereocenters. The van der Waals surface area contributed by atoms with E-state index in [0.29, 0.717) is 19.4 Å². The number of aromatic nitrogens is 3. The highest BCUT2D eigenvalue weighted by molar-refractivity contribution is 5.85. The fraction of sp³-hybridized carbons (Fsp3) is 0.500. The van der Waals surface area contributed by atoms with E-state index in [4.69, 9.17) is 5.73 Å². The predicted octanol–water partition coefficient (Wildman–Crippen LogP) is 0.905. The Hall–Kier alpha value is -1.95. The van der Waals surface area contributed by atoms with Crippen molar-refractivity contribution in [3.63, 3.8) is 0 Å². The van der Waals surface area contributed by atoms with Gasteiger partial charge >= 0.3 is 0 Å². The predicted molar refractivity (Wildman–Crippen MR) is 77.2 cm³/mol. The van der Waals surface area contributed by atoms with Gasteiger partial charge in [0.05, 0.1) is 5.54 Å². The van der Waals surface area contributed by atoms with E-state index < -0.39 is 5.54 Å². The zero-order valence-corrected chi connectivity index (χ0v) is 12.0. The molecule has 20 heavy (non-hydrogen) atoms. The van der Waals surface area contributed by atoms with Gasteiger partial charge in [-0.1, -0.05) is 19.4 Å². The minimum atomic E-state index is -0.804. The fourth-order valence-corrected chi connectivity index (χ4v) is 2.18. The molecule has 0 fully saturated rings. The summed E-state index contributed by atoms with van der Waals surface area (Å²) < 4.78 is 1.92. The van der Waals surface area contributed by atoms with Crippen molar-refractivity contribution in [2.45, 2.75) is 38.6 Å². The lowest BCUT2D eigenvalue weighted by atomic mass is 9.96. The lowest BCUT2D eigenvalue weighted by Crippen LogP contribution is -2.51. The van der Waals surface area contributed by atoms with Crippen molar-refractivity contribution in [3.05, 3.63) is 30.2 Å². The van der Waals surface area contributed by atoms with Gasteiger partial charge < -0.3 is 11.1 Å². The van der Waals surface area contributed by atoms with Gasteiger partial charge in [-0.3, -0.25) is 9.20 Å². The van der Waals surface area contributed by atoms with Crippen molar-refractivity contribution in [2.24, 2.45) is 5.73 Å². The lowest BCUT2D eigenvalue weighted by molar-refractivity contribution is -0.126. The summed E-state index contributed by atoms with van der Waals surface area (Å²) >= 11 is 0. The van der Waals surface area contributed by atoms with Crippen LogP contribution in [-0.2, 0) is 11.2 Å². The van der Waals surface area contributed by atoms with E-state index in [0.717, 1.165) is 17.9 Å². The minimum Gasteiger partial charge on any atom is -0.354 e. The molecule has 6 nitrogen and oxygen atoms in total. The molecule has 108 valence electrons. The molecule has 0 saturated heterocycles. The van der Waals surface area contributed by atoms with Crippen molar-refractivity contribution in [1.82, 2.24) is 19.9 Å². The Labute approximate surface area is 118 Å². The first-order chi connectivity index (χ1) is 9.54. The van der Waals surface area contributed by atoms with Crippen LogP contribution in [0.2, 0.25) is 0 Å². The van der Waals surface area contributed by atoms with E-state index >= 15 is 0 Å². The maximum Gasteiger partial charge on any atom is 0.239 e. The molecule has 0 bridgehead atoms. The second kappa shape index (κ2) is 6.00. The molecule has 0 radical (unpaired) electrons. The van der Waals surface area contributed by atoms with Crippen LogP contribution in [0.15, 0.2) is 24.4 Å². The first-order valence-corrected chi connectivity index (χ1v) is 6.90. The van der Waals surface area contributed by atoms with E-state index in [9.17, 15) is 4.79 Å². The van der Waals surface area contributed by atoms with Crippen LogP contribution >= 0.6 is 0 Å². The maximum absolute atomic E-state index is 12.0. The SMILES string of the molecule is CCCC(C)(N)C(=O)NCCc1nnc2ccccn12. The second-order valence-corrected chi connectivity index (χ2v) is 5.22. The standard InChI is InChI=1S/C14H21N5O/c1-3-8-14(2,15)13(20)16-9-7-12-18-17-11-6-4-5-10-19(11)12/h4-6,10H,3,7-9,15H2,1-2H3,(H,16,20). The fourth-order valence-electron chi connectivity index (χ4n) is 2.18. The first kappa shape index (κ1) is 14.5. The van der Waals surface area contributed by atoms with Crippen LogP contribution in [0, 0.1) is 0 Å².